The van der Waals surface area contributed by atoms with Crippen molar-refractivity contribution in [1.29, 1.82) is 0 Å². The smallest absolute Gasteiger partial charge is 0.413 e. The monoisotopic (exact) mass is 496 g/mol. The van der Waals surface area contributed by atoms with Crippen molar-refractivity contribution in [3.63, 3.8) is 0 Å². The number of hydrogen-bond acceptors (Lipinski definition) is 11. The van der Waals surface area contributed by atoms with Crippen LogP contribution in [0.15, 0.2) is 16.1 Å². The molecule has 0 aliphatic carbocycles. The number of nitrogens with zero attached hydrogens (tertiary/aromatic N) is 3. The number of amides is 3. The lowest BCUT2D eigenvalue weighted by atomic mass is 10.2. The largest absolute Gasteiger partial charge is 0.476 e. The molecular weight excluding hydrogens is 480 g/mol. The molecule has 0 aromatic carbocycles. The Morgan fingerprint density at radius 2 is 1.19 bits per heavy atom. The predicted molar refractivity (Wildman–Crippen MR) is 119 cm³/mol. The van der Waals surface area contributed by atoms with Crippen LogP contribution >= 0.6 is 34.0 Å². The van der Waals surface area contributed by atoms with Crippen LogP contribution in [0.4, 0.5) is 20.2 Å². The molecule has 3 amide bonds. The first kappa shape index (κ1) is 23.2. The fraction of sp³-hybridized carbons (Fsp3) is 0.235. The third kappa shape index (κ3) is 6.29. The molecule has 0 saturated carbocycles. The summed E-state index contributed by atoms with van der Waals surface area (Å²) >= 11 is 3.02. The Labute approximate surface area is 192 Å². The molecule has 4 N–H and O–H groups in total. The molecule has 0 bridgehead atoms. The lowest BCUT2D eigenvalue weighted by Crippen LogP contribution is -2.27. The number of carboxylic acids is 1. The van der Waals surface area contributed by atoms with Gasteiger partial charge in [-0.25, -0.2) is 24.5 Å². The molecular formula is C17H16N6O6S3. The van der Waals surface area contributed by atoms with E-state index in [9.17, 15) is 19.2 Å². The highest BCUT2D eigenvalue weighted by Crippen LogP contribution is 2.21. The van der Waals surface area contributed by atoms with Gasteiger partial charge in [-0.2, -0.15) is 0 Å². The zero-order chi connectivity index (χ0) is 23.5. The minimum atomic E-state index is -1.20. The van der Waals surface area contributed by atoms with Crippen molar-refractivity contribution < 1.29 is 29.0 Å². The molecule has 3 rings (SSSR count). The number of thiazole rings is 3. The van der Waals surface area contributed by atoms with Crippen LogP contribution in [-0.4, -0.2) is 49.5 Å². The summed E-state index contributed by atoms with van der Waals surface area (Å²) in [6.07, 6.45) is -0.690. The van der Waals surface area contributed by atoms with Gasteiger partial charge in [0.1, 0.15) is 17.0 Å². The highest BCUT2D eigenvalue weighted by atomic mass is 32.1. The number of aromatic carboxylic acids is 1. The van der Waals surface area contributed by atoms with Gasteiger partial charge in [0, 0.05) is 16.1 Å². The Balaban J connectivity index is 1.57. The summed E-state index contributed by atoms with van der Waals surface area (Å²) in [4.78, 5) is 59.1. The Morgan fingerprint density at radius 3 is 1.59 bits per heavy atom. The standard InChI is InChI=1S/C17H16N6O6S3/c1-17(2,3)29-16(28)23-15-19-8(5-31-15)11(25)21-13-18-7(4-30-13)10(24)22-14-20-9(6-32-14)12(26)27/h4-6H,1-3H3,(H,26,27)(H,18,21,25)(H,19,23,28)(H,20,22,24). The van der Waals surface area contributed by atoms with E-state index in [1.54, 1.807) is 20.8 Å². The summed E-state index contributed by atoms with van der Waals surface area (Å²) in [7, 11) is 0. The zero-order valence-corrected chi connectivity index (χ0v) is 19.2. The molecule has 3 aromatic rings. The SMILES string of the molecule is CC(C)(C)OC(=O)Nc1nc(C(=O)Nc2nc(C(=O)Nc3nc(C(=O)O)cs3)cs2)cs1. The van der Waals surface area contributed by atoms with Crippen LogP contribution in [0.25, 0.3) is 0 Å². The molecule has 0 fully saturated rings. The molecule has 3 heterocycles. The Kier molecular flexibility index (Phi) is 6.81. The third-order valence-corrected chi connectivity index (χ3v) is 5.52. The van der Waals surface area contributed by atoms with E-state index in [1.165, 1.54) is 16.1 Å². The molecule has 12 nitrogen and oxygen atoms in total. The van der Waals surface area contributed by atoms with E-state index in [2.05, 4.69) is 30.9 Å². The molecule has 0 spiro atoms. The summed E-state index contributed by atoms with van der Waals surface area (Å²) in [5, 5.41) is 20.9. The normalized spacial score (nSPS) is 11.0. The summed E-state index contributed by atoms with van der Waals surface area (Å²) < 4.78 is 5.12. The molecule has 32 heavy (non-hydrogen) atoms. The number of nitrogens with one attached hydrogen (secondary N) is 3. The molecule has 0 aliphatic heterocycles. The van der Waals surface area contributed by atoms with Gasteiger partial charge in [-0.3, -0.25) is 25.5 Å². The van der Waals surface area contributed by atoms with E-state index >= 15 is 0 Å². The molecule has 0 radical (unpaired) electrons. The first-order valence-electron chi connectivity index (χ1n) is 8.73. The van der Waals surface area contributed by atoms with Crippen molar-refractivity contribution in [3.05, 3.63) is 33.2 Å². The van der Waals surface area contributed by atoms with Crippen LogP contribution in [0.3, 0.4) is 0 Å². The number of carbonyl (C=O) groups excluding carboxylic acids is 3. The number of anilines is 3. The lowest BCUT2D eigenvalue weighted by Gasteiger charge is -2.18. The quantitative estimate of drug-likeness (QED) is 0.397. The van der Waals surface area contributed by atoms with E-state index in [0.717, 1.165) is 34.0 Å². The summed E-state index contributed by atoms with van der Waals surface area (Å²) in [5.41, 5.74) is -0.788. The van der Waals surface area contributed by atoms with Crippen LogP contribution < -0.4 is 16.0 Å². The fourth-order valence-electron chi connectivity index (χ4n) is 2.01. The van der Waals surface area contributed by atoms with Crippen molar-refractivity contribution in [2.75, 3.05) is 16.0 Å². The van der Waals surface area contributed by atoms with Crippen LogP contribution in [0, 0.1) is 0 Å². The predicted octanol–water partition coefficient (Wildman–Crippen LogP) is 3.61. The van der Waals surface area contributed by atoms with Crippen LogP contribution in [-0.2, 0) is 4.74 Å². The van der Waals surface area contributed by atoms with Gasteiger partial charge in [0.2, 0.25) is 0 Å². The van der Waals surface area contributed by atoms with Gasteiger partial charge in [-0.15, -0.1) is 34.0 Å². The third-order valence-electron chi connectivity index (χ3n) is 3.25. The van der Waals surface area contributed by atoms with Gasteiger partial charge in [-0.1, -0.05) is 0 Å². The van der Waals surface area contributed by atoms with Crippen molar-refractivity contribution in [2.24, 2.45) is 0 Å². The second kappa shape index (κ2) is 9.37. The molecule has 0 unspecified atom stereocenters. The highest BCUT2D eigenvalue weighted by molar-refractivity contribution is 7.15. The molecule has 15 heteroatoms. The van der Waals surface area contributed by atoms with Crippen LogP contribution in [0.2, 0.25) is 0 Å². The Hall–Kier alpha value is -3.43. The summed E-state index contributed by atoms with van der Waals surface area (Å²) in [6, 6.07) is 0. The van der Waals surface area contributed by atoms with E-state index in [-0.39, 0.29) is 32.5 Å². The van der Waals surface area contributed by atoms with Crippen LogP contribution in [0.5, 0.6) is 0 Å². The van der Waals surface area contributed by atoms with Crippen LogP contribution in [0.1, 0.15) is 52.2 Å². The van der Waals surface area contributed by atoms with Crippen molar-refractivity contribution >= 4 is 73.3 Å². The van der Waals surface area contributed by atoms with Crippen molar-refractivity contribution in [3.8, 4) is 0 Å². The number of rotatable bonds is 6. The molecule has 0 atom stereocenters. The summed E-state index contributed by atoms with van der Waals surface area (Å²) in [5.74, 6) is -2.39. The van der Waals surface area contributed by atoms with Gasteiger partial charge >= 0.3 is 12.1 Å². The average Bonchev–Trinajstić information content (AvgIpc) is 3.40. The van der Waals surface area contributed by atoms with E-state index < -0.39 is 29.5 Å². The molecule has 3 aromatic heterocycles. The molecule has 0 saturated heterocycles. The first-order chi connectivity index (χ1) is 15.0. The minimum Gasteiger partial charge on any atom is -0.476 e. The first-order valence-corrected chi connectivity index (χ1v) is 11.4. The maximum Gasteiger partial charge on any atom is 0.413 e. The van der Waals surface area contributed by atoms with E-state index in [1.807, 2.05) is 0 Å². The maximum absolute atomic E-state index is 12.4. The molecule has 168 valence electrons. The highest BCUT2D eigenvalue weighted by Gasteiger charge is 2.20. The van der Waals surface area contributed by atoms with Gasteiger partial charge in [0.05, 0.1) is 0 Å². The van der Waals surface area contributed by atoms with E-state index in [4.69, 9.17) is 9.84 Å². The fourth-order valence-corrected chi connectivity index (χ4v) is 4.05. The zero-order valence-electron chi connectivity index (χ0n) is 16.8. The Morgan fingerprint density at radius 1 is 0.781 bits per heavy atom. The average molecular weight is 497 g/mol. The number of aromatic nitrogens is 3. The topological polar surface area (TPSA) is 172 Å². The lowest BCUT2D eigenvalue weighted by molar-refractivity contribution is 0.0633. The van der Waals surface area contributed by atoms with Gasteiger partial charge in [0.25, 0.3) is 11.8 Å². The summed E-state index contributed by atoms with van der Waals surface area (Å²) in [6.45, 7) is 5.17. The second-order valence-electron chi connectivity index (χ2n) is 6.95. The van der Waals surface area contributed by atoms with Gasteiger partial charge in [0.15, 0.2) is 21.1 Å². The van der Waals surface area contributed by atoms with Gasteiger partial charge < -0.3 is 9.84 Å². The van der Waals surface area contributed by atoms with Gasteiger partial charge in [-0.05, 0) is 20.8 Å². The number of hydrogen-bond donors (Lipinski definition) is 4. The minimum absolute atomic E-state index is 0.0166. The molecule has 0 aliphatic rings. The number of carboxylic acid groups (broad SMARTS) is 1. The maximum atomic E-state index is 12.4. The van der Waals surface area contributed by atoms with E-state index in [0.29, 0.717) is 0 Å². The van der Waals surface area contributed by atoms with Crippen molar-refractivity contribution in [1.82, 2.24) is 15.0 Å². The number of ether oxygens (including phenoxy) is 1. The van der Waals surface area contributed by atoms with Crippen molar-refractivity contribution in [2.45, 2.75) is 26.4 Å². The number of carbonyl (C=O) groups is 4. The second-order valence-corrected chi connectivity index (χ2v) is 9.53. The Bertz CT molecular complexity index is 1180.